The van der Waals surface area contributed by atoms with Gasteiger partial charge in [-0.25, -0.2) is 9.59 Å². The fourth-order valence-electron chi connectivity index (χ4n) is 8.01. The van der Waals surface area contributed by atoms with E-state index in [1.54, 1.807) is 0 Å². The highest BCUT2D eigenvalue weighted by molar-refractivity contribution is 5.90. The van der Waals surface area contributed by atoms with Crippen molar-refractivity contribution in [1.29, 1.82) is 0 Å². The number of Topliss-reactive ketones (excluding diaryl/α,β-unsaturated/α-hetero) is 1. The first-order valence-electron chi connectivity index (χ1n) is 13.1. The lowest BCUT2D eigenvalue weighted by Crippen LogP contribution is -2.56. The summed E-state index contributed by atoms with van der Waals surface area (Å²) in [7, 11) is 0. The Morgan fingerprint density at radius 3 is 2.34 bits per heavy atom. The molecule has 4 aliphatic carbocycles. The van der Waals surface area contributed by atoms with Gasteiger partial charge in [-0.1, -0.05) is 31.8 Å². The lowest BCUT2D eigenvalue weighted by atomic mass is 9.44. The van der Waals surface area contributed by atoms with Crippen LogP contribution in [0.4, 0.5) is 0 Å². The van der Waals surface area contributed by atoms with E-state index < -0.39 is 11.9 Å². The molecule has 8 nitrogen and oxygen atoms in total. The SMILES string of the molecule is C[C@]12CC[C@@H](CCCCN)CC1/C(=N/O)C[C@@H]1[C@@H]2CC[C@]2(C)C(=O)CC[C@@H]12.O=C(O)/C=C/C(=O)O. The molecule has 4 saturated carbocycles. The summed E-state index contributed by atoms with van der Waals surface area (Å²) >= 11 is 0. The van der Waals surface area contributed by atoms with Gasteiger partial charge in [0.1, 0.15) is 5.78 Å². The van der Waals surface area contributed by atoms with Crippen LogP contribution in [-0.4, -0.2) is 45.4 Å². The number of carboxylic acids is 2. The fraction of sp³-hybridized carbons (Fsp3) is 0.778. The Bertz CT molecular complexity index is 854. The van der Waals surface area contributed by atoms with Crippen LogP contribution in [-0.2, 0) is 14.4 Å². The molecule has 0 aromatic heterocycles. The number of aliphatic carboxylic acids is 2. The quantitative estimate of drug-likeness (QED) is 0.185. The van der Waals surface area contributed by atoms with Crippen LogP contribution < -0.4 is 5.73 Å². The topological polar surface area (TPSA) is 150 Å². The number of carboxylic acid groups (broad SMARTS) is 2. The van der Waals surface area contributed by atoms with Gasteiger partial charge in [-0.05, 0) is 87.0 Å². The lowest BCUT2D eigenvalue weighted by Gasteiger charge is -2.60. The van der Waals surface area contributed by atoms with Gasteiger partial charge in [0.15, 0.2) is 0 Å². The van der Waals surface area contributed by atoms with Crippen molar-refractivity contribution in [2.45, 2.75) is 84.5 Å². The summed E-state index contributed by atoms with van der Waals surface area (Å²) in [6.07, 6.45) is 13.5. The van der Waals surface area contributed by atoms with Gasteiger partial charge in [0, 0.05) is 29.9 Å². The molecule has 7 atom stereocenters. The van der Waals surface area contributed by atoms with Gasteiger partial charge < -0.3 is 21.2 Å². The summed E-state index contributed by atoms with van der Waals surface area (Å²) < 4.78 is 0. The van der Waals surface area contributed by atoms with Gasteiger partial charge in [0.2, 0.25) is 0 Å². The fourth-order valence-corrected chi connectivity index (χ4v) is 8.01. The van der Waals surface area contributed by atoms with Gasteiger partial charge in [0.05, 0.1) is 5.71 Å². The second kappa shape index (κ2) is 11.2. The molecular weight excluding hydrogens is 448 g/mol. The largest absolute Gasteiger partial charge is 0.478 e. The second-order valence-electron chi connectivity index (χ2n) is 11.6. The van der Waals surface area contributed by atoms with E-state index in [0.717, 1.165) is 50.3 Å². The van der Waals surface area contributed by atoms with E-state index in [2.05, 4.69) is 19.0 Å². The van der Waals surface area contributed by atoms with E-state index in [0.29, 0.717) is 41.6 Å². The number of carbonyl (C=O) groups is 3. The van der Waals surface area contributed by atoms with E-state index in [9.17, 15) is 19.6 Å². The predicted octanol–water partition coefficient (Wildman–Crippen LogP) is 4.50. The molecule has 0 aromatic carbocycles. The number of unbranched alkanes of at least 4 members (excludes halogenated alkanes) is 1. The summed E-state index contributed by atoms with van der Waals surface area (Å²) in [6.45, 7) is 5.50. The molecule has 0 amide bonds. The molecule has 35 heavy (non-hydrogen) atoms. The Morgan fingerprint density at radius 1 is 1.06 bits per heavy atom. The van der Waals surface area contributed by atoms with Gasteiger partial charge in [0.25, 0.3) is 0 Å². The van der Waals surface area contributed by atoms with E-state index in [1.165, 1.54) is 38.5 Å². The molecule has 0 bridgehead atoms. The van der Waals surface area contributed by atoms with Gasteiger partial charge in [-0.2, -0.15) is 0 Å². The van der Waals surface area contributed by atoms with Crippen LogP contribution in [0.1, 0.15) is 84.5 Å². The van der Waals surface area contributed by atoms with Crippen molar-refractivity contribution in [3.8, 4) is 0 Å². The maximum Gasteiger partial charge on any atom is 0.328 e. The molecule has 8 heteroatoms. The van der Waals surface area contributed by atoms with Gasteiger partial charge in [-0.15, -0.1) is 0 Å². The van der Waals surface area contributed by atoms with E-state index in [-0.39, 0.29) is 10.8 Å². The minimum Gasteiger partial charge on any atom is -0.478 e. The van der Waals surface area contributed by atoms with Crippen LogP contribution in [0.15, 0.2) is 17.3 Å². The summed E-state index contributed by atoms with van der Waals surface area (Å²) in [5, 5.41) is 29.4. The Kier molecular flexibility index (Phi) is 8.78. The maximum absolute atomic E-state index is 12.6. The second-order valence-corrected chi connectivity index (χ2v) is 11.6. The highest BCUT2D eigenvalue weighted by Crippen LogP contribution is 2.65. The molecule has 0 radical (unpaired) electrons. The number of hydrogen-bond donors (Lipinski definition) is 4. The molecule has 0 aromatic rings. The van der Waals surface area contributed by atoms with Crippen molar-refractivity contribution in [1.82, 2.24) is 0 Å². The third kappa shape index (κ3) is 5.63. The summed E-state index contributed by atoms with van der Waals surface area (Å²) in [5.74, 6) is 0.898. The molecule has 4 rings (SSSR count). The van der Waals surface area contributed by atoms with E-state index in [4.69, 9.17) is 15.9 Å². The third-order valence-electron chi connectivity index (χ3n) is 9.86. The van der Waals surface area contributed by atoms with Crippen LogP contribution >= 0.6 is 0 Å². The number of ketones is 1. The molecule has 196 valence electrons. The van der Waals surface area contributed by atoms with Crippen molar-refractivity contribution < 1.29 is 29.8 Å². The molecule has 0 heterocycles. The molecule has 4 aliphatic rings. The van der Waals surface area contributed by atoms with Crippen molar-refractivity contribution in [3.63, 3.8) is 0 Å². The Balaban J connectivity index is 0.000000371. The molecule has 0 saturated heterocycles. The minimum atomic E-state index is -1.26. The average Bonchev–Trinajstić information content (AvgIpc) is 3.12. The Labute approximate surface area is 208 Å². The average molecular weight is 491 g/mol. The summed E-state index contributed by atoms with van der Waals surface area (Å²) in [6, 6.07) is 0. The number of carbonyl (C=O) groups excluding carboxylic acids is 1. The number of rotatable bonds is 6. The Hall–Kier alpha value is -2.22. The first-order chi connectivity index (χ1) is 16.6. The zero-order valence-electron chi connectivity index (χ0n) is 21.1. The molecule has 1 unspecified atom stereocenters. The van der Waals surface area contributed by atoms with Gasteiger partial charge >= 0.3 is 11.9 Å². The number of nitrogens with two attached hydrogens (primary N) is 1. The zero-order valence-corrected chi connectivity index (χ0v) is 21.1. The number of hydrogen-bond acceptors (Lipinski definition) is 6. The molecule has 0 spiro atoms. The van der Waals surface area contributed by atoms with Crippen LogP contribution in [0.5, 0.6) is 0 Å². The van der Waals surface area contributed by atoms with Crippen LogP contribution in [0, 0.1) is 40.4 Å². The highest BCUT2D eigenvalue weighted by Gasteiger charge is 2.61. The third-order valence-corrected chi connectivity index (χ3v) is 9.86. The van der Waals surface area contributed by atoms with Crippen molar-refractivity contribution in [2.24, 2.45) is 51.3 Å². The van der Waals surface area contributed by atoms with Crippen LogP contribution in [0.3, 0.4) is 0 Å². The smallest absolute Gasteiger partial charge is 0.328 e. The van der Waals surface area contributed by atoms with Crippen molar-refractivity contribution in [2.75, 3.05) is 6.54 Å². The maximum atomic E-state index is 12.6. The number of oxime groups is 1. The number of nitrogens with zero attached hydrogens (tertiary/aromatic N) is 1. The number of fused-ring (bicyclic) bond motifs is 5. The van der Waals surface area contributed by atoms with E-state index >= 15 is 0 Å². The zero-order chi connectivity index (χ0) is 25.8. The van der Waals surface area contributed by atoms with Crippen molar-refractivity contribution in [3.05, 3.63) is 12.2 Å². The normalized spacial score (nSPS) is 39.3. The monoisotopic (exact) mass is 490 g/mol. The molecule has 5 N–H and O–H groups in total. The van der Waals surface area contributed by atoms with Crippen molar-refractivity contribution >= 4 is 23.4 Å². The highest BCUT2D eigenvalue weighted by atomic mass is 16.4. The van der Waals surface area contributed by atoms with E-state index in [1.807, 2.05) is 0 Å². The van der Waals surface area contributed by atoms with Gasteiger partial charge in [-0.3, -0.25) is 4.79 Å². The lowest BCUT2D eigenvalue weighted by molar-refractivity contribution is -0.134. The molecule has 0 aliphatic heterocycles. The standard InChI is InChI=1S/C23H38N2O2.C4H4O4/c1-22-10-8-15(5-3-4-12-24)13-19(22)20(25-27)14-16-17-6-7-21(26)23(17,2)11-9-18(16)22;5-3(6)1-2-4(7)8/h15-19,27H,3-14,24H2,1-2H3;1-2H,(H,5,6)(H,7,8)/b25-20+;2-1+/t15-,16+,17+,18+,19?,22-,23+;/m1./s1. The Morgan fingerprint density at radius 2 is 1.74 bits per heavy atom. The first-order valence-corrected chi connectivity index (χ1v) is 13.1. The first kappa shape index (κ1) is 27.4. The van der Waals surface area contributed by atoms with Crippen LogP contribution in [0.2, 0.25) is 0 Å². The summed E-state index contributed by atoms with van der Waals surface area (Å²) in [4.78, 5) is 31.7. The predicted molar refractivity (Wildman–Crippen MR) is 132 cm³/mol. The van der Waals surface area contributed by atoms with Crippen LogP contribution in [0.25, 0.3) is 0 Å². The minimum absolute atomic E-state index is 0.107. The molecule has 4 fully saturated rings. The molecular formula is C27H42N2O6. The summed E-state index contributed by atoms with van der Waals surface area (Å²) in [5.41, 5.74) is 6.87.